The molecule has 2 aromatic carbocycles. The molecule has 0 aliphatic carbocycles. The molecule has 0 radical (unpaired) electrons. The predicted octanol–water partition coefficient (Wildman–Crippen LogP) is 7.55. The summed E-state index contributed by atoms with van der Waals surface area (Å²) in [5.41, 5.74) is 4.82. The van der Waals surface area contributed by atoms with Gasteiger partial charge < -0.3 is 14.5 Å². The fraction of sp³-hybridized carbons (Fsp3) is 0.154. The van der Waals surface area contributed by atoms with Gasteiger partial charge in [-0.05, 0) is 62.2 Å². The van der Waals surface area contributed by atoms with Crippen LogP contribution in [-0.2, 0) is 4.79 Å². The number of hydrogen-bond donors (Lipinski definition) is 1. The number of rotatable bonds is 6. The topological polar surface area (TPSA) is 64.4 Å². The van der Waals surface area contributed by atoms with Crippen LogP contribution in [0.3, 0.4) is 0 Å². The highest BCUT2D eigenvalue weighted by Crippen LogP contribution is 2.40. The maximum Gasteiger partial charge on any atom is 0.249 e. The normalized spacial score (nSPS) is 11.6. The number of anilines is 1. The first kappa shape index (κ1) is 22.9. The Morgan fingerprint density at radius 1 is 1.15 bits per heavy atom. The summed E-state index contributed by atoms with van der Waals surface area (Å²) < 4.78 is 11.7. The van der Waals surface area contributed by atoms with E-state index in [0.717, 1.165) is 33.2 Å². The van der Waals surface area contributed by atoms with Crippen molar-refractivity contribution in [2.45, 2.75) is 20.8 Å². The standard InChI is InChI=1S/C26H22Cl2N2O3/c1-4-32-23-13-24-20(21(14-33-24)18-6-5-17(27)11-22(18)28)12-19(23)16(3)10-26(31)30-25-9-15(2)7-8-29-25/h5-14H,4H2,1-3H3,(H,29,30,31)/b16-10+. The van der Waals surface area contributed by atoms with Crippen molar-refractivity contribution in [3.8, 4) is 16.9 Å². The van der Waals surface area contributed by atoms with Crippen LogP contribution in [0.1, 0.15) is 25.0 Å². The van der Waals surface area contributed by atoms with Gasteiger partial charge in [-0.2, -0.15) is 0 Å². The molecule has 0 atom stereocenters. The molecule has 5 nitrogen and oxygen atoms in total. The van der Waals surface area contributed by atoms with E-state index in [0.29, 0.717) is 33.8 Å². The van der Waals surface area contributed by atoms with E-state index in [-0.39, 0.29) is 5.91 Å². The zero-order valence-electron chi connectivity index (χ0n) is 18.4. The van der Waals surface area contributed by atoms with Crippen molar-refractivity contribution >= 4 is 51.5 Å². The number of pyridine rings is 1. The summed E-state index contributed by atoms with van der Waals surface area (Å²) in [7, 11) is 0. The SMILES string of the molecule is CCOc1cc2occ(-c3ccc(Cl)cc3Cl)c2cc1/C(C)=C/C(=O)Nc1cc(C)ccn1. The Balaban J connectivity index is 1.75. The summed E-state index contributed by atoms with van der Waals surface area (Å²) in [4.78, 5) is 16.8. The largest absolute Gasteiger partial charge is 0.493 e. The molecule has 0 aliphatic heterocycles. The molecular weight excluding hydrogens is 459 g/mol. The summed E-state index contributed by atoms with van der Waals surface area (Å²) in [5.74, 6) is 0.851. The highest BCUT2D eigenvalue weighted by atomic mass is 35.5. The molecule has 4 rings (SSSR count). The van der Waals surface area contributed by atoms with Crippen molar-refractivity contribution in [1.82, 2.24) is 4.98 Å². The molecule has 7 heteroatoms. The number of ether oxygens (including phenoxy) is 1. The van der Waals surface area contributed by atoms with Gasteiger partial charge in [0.25, 0.3) is 0 Å². The van der Waals surface area contributed by atoms with Crippen LogP contribution in [0.25, 0.3) is 27.7 Å². The summed E-state index contributed by atoms with van der Waals surface area (Å²) in [6.07, 6.45) is 4.85. The summed E-state index contributed by atoms with van der Waals surface area (Å²) >= 11 is 12.5. The van der Waals surface area contributed by atoms with E-state index in [2.05, 4.69) is 10.3 Å². The maximum absolute atomic E-state index is 12.6. The first-order valence-electron chi connectivity index (χ1n) is 10.4. The first-order valence-corrected chi connectivity index (χ1v) is 11.2. The smallest absolute Gasteiger partial charge is 0.249 e. The summed E-state index contributed by atoms with van der Waals surface area (Å²) in [6, 6.07) is 12.8. The maximum atomic E-state index is 12.6. The predicted molar refractivity (Wildman–Crippen MR) is 134 cm³/mol. The van der Waals surface area contributed by atoms with Gasteiger partial charge >= 0.3 is 0 Å². The van der Waals surface area contributed by atoms with Gasteiger partial charge in [0.15, 0.2) is 0 Å². The molecule has 4 aromatic rings. The van der Waals surface area contributed by atoms with Crippen molar-refractivity contribution in [1.29, 1.82) is 0 Å². The molecule has 0 saturated carbocycles. The van der Waals surface area contributed by atoms with Crippen LogP contribution in [0.15, 0.2) is 65.4 Å². The van der Waals surface area contributed by atoms with E-state index < -0.39 is 0 Å². The lowest BCUT2D eigenvalue weighted by Gasteiger charge is -2.12. The lowest BCUT2D eigenvalue weighted by Crippen LogP contribution is -2.10. The number of carbonyl (C=O) groups is 1. The number of halogens is 2. The van der Waals surface area contributed by atoms with E-state index in [4.69, 9.17) is 32.4 Å². The number of amides is 1. The number of benzene rings is 2. The monoisotopic (exact) mass is 480 g/mol. The molecule has 2 heterocycles. The van der Waals surface area contributed by atoms with E-state index in [9.17, 15) is 4.79 Å². The van der Waals surface area contributed by atoms with Crippen molar-refractivity contribution < 1.29 is 13.9 Å². The minimum Gasteiger partial charge on any atom is -0.493 e. The number of nitrogens with one attached hydrogen (secondary N) is 1. The van der Waals surface area contributed by atoms with Crippen molar-refractivity contribution in [3.63, 3.8) is 0 Å². The minimum atomic E-state index is -0.277. The second kappa shape index (κ2) is 9.69. The van der Waals surface area contributed by atoms with Crippen LogP contribution < -0.4 is 10.1 Å². The van der Waals surface area contributed by atoms with Crippen LogP contribution >= 0.6 is 23.2 Å². The van der Waals surface area contributed by atoms with Crippen molar-refractivity contribution in [2.75, 3.05) is 11.9 Å². The molecule has 0 aliphatic rings. The number of aromatic nitrogens is 1. The van der Waals surface area contributed by atoms with Crippen LogP contribution in [0, 0.1) is 6.92 Å². The summed E-state index contributed by atoms with van der Waals surface area (Å²) in [6.45, 7) is 6.19. The quantitative estimate of drug-likeness (QED) is 0.289. The number of allylic oxidation sites excluding steroid dienone is 1. The molecule has 0 bridgehead atoms. The Morgan fingerprint density at radius 2 is 1.97 bits per heavy atom. The lowest BCUT2D eigenvalue weighted by molar-refractivity contribution is -0.111. The fourth-order valence-corrected chi connectivity index (χ4v) is 4.11. The third-order valence-electron chi connectivity index (χ3n) is 5.14. The van der Waals surface area contributed by atoms with Gasteiger partial charge in [-0.3, -0.25) is 4.79 Å². The molecule has 0 spiro atoms. The van der Waals surface area contributed by atoms with E-state index >= 15 is 0 Å². The Kier molecular flexibility index (Phi) is 6.72. The van der Waals surface area contributed by atoms with Crippen LogP contribution in [0.5, 0.6) is 5.75 Å². The van der Waals surface area contributed by atoms with Crippen LogP contribution in [0.4, 0.5) is 5.82 Å². The molecule has 0 fully saturated rings. The van der Waals surface area contributed by atoms with Crippen molar-refractivity contribution in [2.24, 2.45) is 0 Å². The fourth-order valence-electron chi connectivity index (χ4n) is 3.60. The van der Waals surface area contributed by atoms with E-state index in [1.807, 2.05) is 51.1 Å². The molecule has 168 valence electrons. The highest BCUT2D eigenvalue weighted by Gasteiger charge is 2.17. The zero-order valence-corrected chi connectivity index (χ0v) is 19.9. The number of furan rings is 1. The average Bonchev–Trinajstić information content (AvgIpc) is 3.16. The molecule has 2 aromatic heterocycles. The molecule has 1 amide bonds. The van der Waals surface area contributed by atoms with Gasteiger partial charge in [0.1, 0.15) is 17.2 Å². The van der Waals surface area contributed by atoms with Gasteiger partial charge in [-0.25, -0.2) is 4.98 Å². The second-order valence-corrected chi connectivity index (χ2v) is 8.43. The number of fused-ring (bicyclic) bond motifs is 1. The molecule has 0 saturated heterocycles. The van der Waals surface area contributed by atoms with E-state index in [1.54, 1.807) is 24.6 Å². The van der Waals surface area contributed by atoms with E-state index in [1.165, 1.54) is 6.08 Å². The zero-order chi connectivity index (χ0) is 23.5. The number of aryl methyl sites for hydroxylation is 1. The highest BCUT2D eigenvalue weighted by molar-refractivity contribution is 6.36. The number of carbonyl (C=O) groups excluding carboxylic acids is 1. The molecular formula is C26H22Cl2N2O3. The average molecular weight is 481 g/mol. The Labute approximate surface area is 202 Å². The Hall–Kier alpha value is -3.28. The van der Waals surface area contributed by atoms with Crippen molar-refractivity contribution in [3.05, 3.63) is 82.2 Å². The van der Waals surface area contributed by atoms with Gasteiger partial charge in [0.05, 0.1) is 17.9 Å². The minimum absolute atomic E-state index is 0.277. The Bertz CT molecular complexity index is 1380. The van der Waals surface area contributed by atoms with Gasteiger partial charge in [-0.15, -0.1) is 0 Å². The molecule has 1 N–H and O–H groups in total. The summed E-state index contributed by atoms with van der Waals surface area (Å²) in [5, 5.41) is 4.74. The Morgan fingerprint density at radius 3 is 2.70 bits per heavy atom. The third-order valence-corrected chi connectivity index (χ3v) is 5.68. The van der Waals surface area contributed by atoms with Gasteiger partial charge in [0.2, 0.25) is 5.91 Å². The number of hydrogen-bond acceptors (Lipinski definition) is 4. The van der Waals surface area contributed by atoms with Crippen LogP contribution in [-0.4, -0.2) is 17.5 Å². The third kappa shape index (κ3) is 5.05. The first-order chi connectivity index (χ1) is 15.9. The van der Waals surface area contributed by atoms with Gasteiger partial charge in [-0.1, -0.05) is 29.3 Å². The van der Waals surface area contributed by atoms with Crippen LogP contribution in [0.2, 0.25) is 10.0 Å². The second-order valence-electron chi connectivity index (χ2n) is 7.59. The number of nitrogens with zero attached hydrogens (tertiary/aromatic N) is 1. The lowest BCUT2D eigenvalue weighted by atomic mass is 9.99. The molecule has 0 unspecified atom stereocenters. The molecule has 33 heavy (non-hydrogen) atoms. The van der Waals surface area contributed by atoms with Gasteiger partial charge in [0, 0.05) is 45.4 Å².